The van der Waals surface area contributed by atoms with Crippen LogP contribution in [-0.4, -0.2) is 19.2 Å². The molecule has 3 nitrogen and oxygen atoms in total. The number of benzene rings is 1. The highest BCUT2D eigenvalue weighted by Crippen LogP contribution is 2.22. The van der Waals surface area contributed by atoms with Crippen molar-refractivity contribution in [1.82, 2.24) is 5.32 Å². The molecule has 0 amide bonds. The molecule has 1 aliphatic carbocycles. The second-order valence-electron chi connectivity index (χ2n) is 5.91. The minimum absolute atomic E-state index is 0.443. The maximum Gasteiger partial charge on any atom is 0.119 e. The van der Waals surface area contributed by atoms with E-state index in [2.05, 4.69) is 30.4 Å². The van der Waals surface area contributed by atoms with Gasteiger partial charge in [-0.3, -0.25) is 0 Å². The van der Waals surface area contributed by atoms with Crippen molar-refractivity contribution in [3.63, 3.8) is 0 Å². The van der Waals surface area contributed by atoms with Gasteiger partial charge < -0.3 is 15.8 Å². The van der Waals surface area contributed by atoms with Gasteiger partial charge in [-0.15, -0.1) is 0 Å². The quantitative estimate of drug-likeness (QED) is 0.804. The van der Waals surface area contributed by atoms with Crippen molar-refractivity contribution >= 4 is 0 Å². The van der Waals surface area contributed by atoms with Crippen LogP contribution in [-0.2, 0) is 6.54 Å². The van der Waals surface area contributed by atoms with Crippen molar-refractivity contribution in [3.8, 4) is 5.75 Å². The van der Waals surface area contributed by atoms with Crippen LogP contribution in [0.1, 0.15) is 44.6 Å². The summed E-state index contributed by atoms with van der Waals surface area (Å²) in [5.74, 6) is 1.78. The van der Waals surface area contributed by atoms with Gasteiger partial charge in [0.25, 0.3) is 0 Å². The van der Waals surface area contributed by atoms with Gasteiger partial charge in [0.05, 0.1) is 6.61 Å². The number of ether oxygens (including phenoxy) is 1. The Kier molecular flexibility index (Phi) is 6.34. The first-order valence-electron chi connectivity index (χ1n) is 7.96. The normalized spacial score (nSPS) is 22.7. The maximum absolute atomic E-state index is 5.94. The standard InChI is InChI=1S/C17H28N2O/c1-2-10-20-17-5-3-4-15(11-17)13-19-12-14-6-8-16(18)9-7-14/h3-5,11,14,16,19H,2,6-10,12-13,18H2,1H3. The lowest BCUT2D eigenvalue weighted by molar-refractivity contribution is 0.312. The van der Waals surface area contributed by atoms with E-state index in [9.17, 15) is 0 Å². The van der Waals surface area contributed by atoms with Crippen molar-refractivity contribution < 1.29 is 4.74 Å². The van der Waals surface area contributed by atoms with Crippen molar-refractivity contribution in [2.75, 3.05) is 13.2 Å². The number of nitrogens with one attached hydrogen (secondary N) is 1. The third kappa shape index (κ3) is 5.14. The van der Waals surface area contributed by atoms with Crippen LogP contribution < -0.4 is 15.8 Å². The van der Waals surface area contributed by atoms with Gasteiger partial charge in [-0.2, -0.15) is 0 Å². The zero-order chi connectivity index (χ0) is 14.2. The molecule has 0 unspecified atom stereocenters. The van der Waals surface area contributed by atoms with Gasteiger partial charge in [-0.05, 0) is 62.3 Å². The molecule has 1 saturated carbocycles. The fraction of sp³-hybridized carbons (Fsp3) is 0.647. The molecule has 0 atom stereocenters. The minimum Gasteiger partial charge on any atom is -0.494 e. The molecule has 0 bridgehead atoms. The van der Waals surface area contributed by atoms with E-state index < -0.39 is 0 Å². The zero-order valence-corrected chi connectivity index (χ0v) is 12.6. The zero-order valence-electron chi connectivity index (χ0n) is 12.6. The molecule has 1 aromatic carbocycles. The summed E-state index contributed by atoms with van der Waals surface area (Å²) in [6.07, 6.45) is 5.97. The Hall–Kier alpha value is -1.06. The molecular weight excluding hydrogens is 248 g/mol. The number of nitrogens with two attached hydrogens (primary N) is 1. The lowest BCUT2D eigenvalue weighted by atomic mass is 9.86. The molecule has 0 aliphatic heterocycles. The highest BCUT2D eigenvalue weighted by Gasteiger charge is 2.17. The molecule has 0 aromatic heterocycles. The number of hydrogen-bond donors (Lipinski definition) is 2. The molecule has 1 aliphatic rings. The van der Waals surface area contributed by atoms with Crippen LogP contribution in [0.3, 0.4) is 0 Å². The fourth-order valence-electron chi connectivity index (χ4n) is 2.78. The van der Waals surface area contributed by atoms with E-state index in [0.29, 0.717) is 6.04 Å². The van der Waals surface area contributed by atoms with E-state index in [1.807, 2.05) is 6.07 Å². The second kappa shape index (κ2) is 8.28. The van der Waals surface area contributed by atoms with E-state index in [-0.39, 0.29) is 0 Å². The maximum atomic E-state index is 5.94. The lowest BCUT2D eigenvalue weighted by Crippen LogP contribution is -2.31. The van der Waals surface area contributed by atoms with Crippen molar-refractivity contribution in [3.05, 3.63) is 29.8 Å². The van der Waals surface area contributed by atoms with Crippen molar-refractivity contribution in [2.24, 2.45) is 11.7 Å². The first-order valence-corrected chi connectivity index (χ1v) is 7.96. The SMILES string of the molecule is CCCOc1cccc(CNCC2CCC(N)CC2)c1. The Labute approximate surface area is 122 Å². The summed E-state index contributed by atoms with van der Waals surface area (Å²) in [6, 6.07) is 8.84. The van der Waals surface area contributed by atoms with E-state index >= 15 is 0 Å². The predicted octanol–water partition coefficient (Wildman–Crippen LogP) is 3.08. The van der Waals surface area contributed by atoms with E-state index in [0.717, 1.165) is 37.8 Å². The topological polar surface area (TPSA) is 47.3 Å². The molecule has 0 spiro atoms. The minimum atomic E-state index is 0.443. The first-order chi connectivity index (χ1) is 9.78. The molecule has 2 rings (SSSR count). The summed E-state index contributed by atoms with van der Waals surface area (Å²) in [7, 11) is 0. The summed E-state index contributed by atoms with van der Waals surface area (Å²) >= 11 is 0. The van der Waals surface area contributed by atoms with Crippen LogP contribution in [0.15, 0.2) is 24.3 Å². The Morgan fingerprint density at radius 1 is 1.25 bits per heavy atom. The Balaban J connectivity index is 1.70. The molecule has 1 aromatic rings. The molecule has 3 N–H and O–H groups in total. The van der Waals surface area contributed by atoms with E-state index in [1.165, 1.54) is 31.2 Å². The molecule has 0 radical (unpaired) electrons. The van der Waals surface area contributed by atoms with Gasteiger partial charge in [-0.1, -0.05) is 19.1 Å². The number of hydrogen-bond acceptors (Lipinski definition) is 3. The van der Waals surface area contributed by atoms with Crippen LogP contribution in [0.2, 0.25) is 0 Å². The average Bonchev–Trinajstić information content (AvgIpc) is 2.48. The molecular formula is C17H28N2O. The largest absolute Gasteiger partial charge is 0.494 e. The van der Waals surface area contributed by atoms with E-state index in [4.69, 9.17) is 10.5 Å². The fourth-order valence-corrected chi connectivity index (χ4v) is 2.78. The van der Waals surface area contributed by atoms with Gasteiger partial charge in [0.1, 0.15) is 5.75 Å². The molecule has 112 valence electrons. The van der Waals surface area contributed by atoms with Gasteiger partial charge in [0.2, 0.25) is 0 Å². The van der Waals surface area contributed by atoms with Crippen LogP contribution >= 0.6 is 0 Å². The summed E-state index contributed by atoms with van der Waals surface area (Å²) in [5, 5.41) is 3.57. The van der Waals surface area contributed by atoms with Crippen LogP contribution in [0.4, 0.5) is 0 Å². The Morgan fingerprint density at radius 3 is 2.80 bits per heavy atom. The first kappa shape index (κ1) is 15.3. The summed E-state index contributed by atoms with van der Waals surface area (Å²) < 4.78 is 5.66. The van der Waals surface area contributed by atoms with Crippen LogP contribution in [0, 0.1) is 5.92 Å². The number of rotatable bonds is 7. The van der Waals surface area contributed by atoms with Gasteiger partial charge in [0.15, 0.2) is 0 Å². The van der Waals surface area contributed by atoms with Crippen LogP contribution in [0.5, 0.6) is 5.75 Å². The Morgan fingerprint density at radius 2 is 2.05 bits per heavy atom. The van der Waals surface area contributed by atoms with Gasteiger partial charge in [-0.25, -0.2) is 0 Å². The molecule has 1 fully saturated rings. The molecule has 20 heavy (non-hydrogen) atoms. The summed E-state index contributed by atoms with van der Waals surface area (Å²) in [4.78, 5) is 0. The van der Waals surface area contributed by atoms with Gasteiger partial charge >= 0.3 is 0 Å². The van der Waals surface area contributed by atoms with E-state index in [1.54, 1.807) is 0 Å². The second-order valence-corrected chi connectivity index (χ2v) is 5.91. The highest BCUT2D eigenvalue weighted by molar-refractivity contribution is 5.28. The highest BCUT2D eigenvalue weighted by atomic mass is 16.5. The lowest BCUT2D eigenvalue weighted by Gasteiger charge is -2.26. The molecule has 3 heteroatoms. The van der Waals surface area contributed by atoms with Crippen LogP contribution in [0.25, 0.3) is 0 Å². The molecule has 0 heterocycles. The smallest absolute Gasteiger partial charge is 0.119 e. The third-order valence-electron chi connectivity index (χ3n) is 4.02. The average molecular weight is 276 g/mol. The van der Waals surface area contributed by atoms with Crippen molar-refractivity contribution in [1.29, 1.82) is 0 Å². The molecule has 0 saturated heterocycles. The van der Waals surface area contributed by atoms with Crippen molar-refractivity contribution in [2.45, 2.75) is 51.6 Å². The Bertz CT molecular complexity index is 386. The summed E-state index contributed by atoms with van der Waals surface area (Å²) in [5.41, 5.74) is 7.24. The third-order valence-corrected chi connectivity index (χ3v) is 4.02. The van der Waals surface area contributed by atoms with Gasteiger partial charge in [0, 0.05) is 12.6 Å². The predicted molar refractivity (Wildman–Crippen MR) is 83.9 cm³/mol. The summed E-state index contributed by atoms with van der Waals surface area (Å²) in [6.45, 7) is 4.94. The monoisotopic (exact) mass is 276 g/mol.